The number of benzene rings is 1. The lowest BCUT2D eigenvalue weighted by Gasteiger charge is -2.16. The minimum absolute atomic E-state index is 0.242. The van der Waals surface area contributed by atoms with E-state index in [1.54, 1.807) is 24.7 Å². The molecule has 0 aliphatic heterocycles. The van der Waals surface area contributed by atoms with E-state index < -0.39 is 0 Å². The molecule has 1 unspecified atom stereocenters. The highest BCUT2D eigenvalue weighted by Gasteiger charge is 2.05. The lowest BCUT2D eigenvalue weighted by Crippen LogP contribution is -2.21. The molecular formula is C13H15N5. The molecule has 1 aromatic carbocycles. The highest BCUT2D eigenvalue weighted by atomic mass is 15.1. The smallest absolute Gasteiger partial charge is 0.101 e. The zero-order valence-electron chi connectivity index (χ0n) is 10.2. The summed E-state index contributed by atoms with van der Waals surface area (Å²) in [6.07, 6.45) is 5.46. The van der Waals surface area contributed by atoms with Gasteiger partial charge in [-0.25, -0.2) is 4.98 Å². The molecule has 2 rings (SSSR count). The normalized spacial score (nSPS) is 11.8. The minimum atomic E-state index is 0.242. The number of hydrogen-bond acceptors (Lipinski definition) is 4. The average molecular weight is 241 g/mol. The van der Waals surface area contributed by atoms with Gasteiger partial charge >= 0.3 is 0 Å². The van der Waals surface area contributed by atoms with E-state index >= 15 is 0 Å². The van der Waals surface area contributed by atoms with Gasteiger partial charge in [0.1, 0.15) is 6.07 Å². The molecule has 92 valence electrons. The van der Waals surface area contributed by atoms with Crippen LogP contribution < -0.4 is 11.1 Å². The number of hydrogen-bond donors (Lipinski definition) is 2. The minimum Gasteiger partial charge on any atom is -0.398 e. The molecule has 0 amide bonds. The van der Waals surface area contributed by atoms with Crippen LogP contribution in [0.3, 0.4) is 0 Å². The Kier molecular flexibility index (Phi) is 3.49. The Morgan fingerprint density at radius 3 is 3.00 bits per heavy atom. The first-order valence-electron chi connectivity index (χ1n) is 5.71. The van der Waals surface area contributed by atoms with Crippen molar-refractivity contribution in [1.82, 2.24) is 9.55 Å². The molecule has 3 N–H and O–H groups in total. The molecule has 2 aromatic rings. The number of nitriles is 1. The van der Waals surface area contributed by atoms with Gasteiger partial charge in [0.05, 0.1) is 17.6 Å². The maximum atomic E-state index is 8.80. The van der Waals surface area contributed by atoms with Crippen LogP contribution in [-0.2, 0) is 6.54 Å². The van der Waals surface area contributed by atoms with Crippen molar-refractivity contribution in [3.63, 3.8) is 0 Å². The Bertz CT molecular complexity index is 553. The molecule has 0 bridgehead atoms. The van der Waals surface area contributed by atoms with Gasteiger partial charge in [-0.2, -0.15) is 5.26 Å². The van der Waals surface area contributed by atoms with Crippen LogP contribution in [0, 0.1) is 11.3 Å². The molecule has 0 aliphatic rings. The zero-order valence-corrected chi connectivity index (χ0v) is 10.2. The average Bonchev–Trinajstić information content (AvgIpc) is 2.82. The van der Waals surface area contributed by atoms with E-state index in [9.17, 15) is 0 Å². The van der Waals surface area contributed by atoms with Crippen LogP contribution in [0.1, 0.15) is 12.5 Å². The Labute approximate surface area is 106 Å². The van der Waals surface area contributed by atoms with Crippen molar-refractivity contribution < 1.29 is 0 Å². The molecule has 1 heterocycles. The zero-order chi connectivity index (χ0) is 13.0. The summed E-state index contributed by atoms with van der Waals surface area (Å²) < 4.78 is 2.00. The maximum absolute atomic E-state index is 8.80. The van der Waals surface area contributed by atoms with Crippen LogP contribution in [0.5, 0.6) is 0 Å². The van der Waals surface area contributed by atoms with Crippen molar-refractivity contribution in [3.05, 3.63) is 42.5 Å². The fraction of sp³-hybridized carbons (Fsp3) is 0.231. The van der Waals surface area contributed by atoms with E-state index in [1.807, 2.05) is 22.9 Å². The molecule has 5 heteroatoms. The van der Waals surface area contributed by atoms with Crippen LogP contribution in [0.2, 0.25) is 0 Å². The van der Waals surface area contributed by atoms with Crippen molar-refractivity contribution >= 4 is 11.4 Å². The summed E-state index contributed by atoms with van der Waals surface area (Å²) in [5, 5.41) is 12.1. The number of nitrogens with one attached hydrogen (secondary N) is 1. The van der Waals surface area contributed by atoms with E-state index in [4.69, 9.17) is 11.0 Å². The van der Waals surface area contributed by atoms with Crippen molar-refractivity contribution in [2.75, 3.05) is 11.1 Å². The van der Waals surface area contributed by atoms with E-state index in [2.05, 4.69) is 17.2 Å². The van der Waals surface area contributed by atoms with Gasteiger partial charge in [0.25, 0.3) is 0 Å². The first-order chi connectivity index (χ1) is 8.69. The monoisotopic (exact) mass is 241 g/mol. The SMILES string of the molecule is CC(Cn1ccnc1)Nc1ccc(C#N)c(N)c1. The Hall–Kier alpha value is -2.48. The van der Waals surface area contributed by atoms with Crippen molar-refractivity contribution in [3.8, 4) is 6.07 Å². The van der Waals surface area contributed by atoms with Crippen molar-refractivity contribution in [2.45, 2.75) is 19.5 Å². The number of imidazole rings is 1. The molecule has 0 aliphatic carbocycles. The van der Waals surface area contributed by atoms with Gasteiger partial charge in [-0.05, 0) is 25.1 Å². The van der Waals surface area contributed by atoms with Gasteiger partial charge in [0.2, 0.25) is 0 Å². The summed E-state index contributed by atoms with van der Waals surface area (Å²) in [7, 11) is 0. The number of aromatic nitrogens is 2. The number of nitrogens with zero attached hydrogens (tertiary/aromatic N) is 3. The fourth-order valence-corrected chi connectivity index (χ4v) is 1.80. The van der Waals surface area contributed by atoms with Gasteiger partial charge < -0.3 is 15.6 Å². The lowest BCUT2D eigenvalue weighted by molar-refractivity contribution is 0.619. The van der Waals surface area contributed by atoms with E-state index in [0.717, 1.165) is 12.2 Å². The molecule has 5 nitrogen and oxygen atoms in total. The first kappa shape index (κ1) is 12.0. The van der Waals surface area contributed by atoms with Gasteiger partial charge in [-0.1, -0.05) is 0 Å². The topological polar surface area (TPSA) is 79.7 Å². The molecule has 1 aromatic heterocycles. The number of nitrogens with two attached hydrogens (primary N) is 1. The third-order valence-corrected chi connectivity index (χ3v) is 2.63. The van der Waals surface area contributed by atoms with Gasteiger partial charge in [0.15, 0.2) is 0 Å². The second-order valence-electron chi connectivity index (χ2n) is 4.22. The first-order valence-corrected chi connectivity index (χ1v) is 5.71. The second-order valence-corrected chi connectivity index (χ2v) is 4.22. The molecule has 1 atom stereocenters. The van der Waals surface area contributed by atoms with Gasteiger partial charge in [-0.3, -0.25) is 0 Å². The van der Waals surface area contributed by atoms with Gasteiger partial charge in [0, 0.05) is 30.7 Å². The van der Waals surface area contributed by atoms with Crippen LogP contribution in [0.4, 0.5) is 11.4 Å². The van der Waals surface area contributed by atoms with E-state index in [0.29, 0.717) is 11.3 Å². The molecule has 0 radical (unpaired) electrons. The molecule has 0 fully saturated rings. The fourth-order valence-electron chi connectivity index (χ4n) is 1.80. The molecule has 0 saturated carbocycles. The number of rotatable bonds is 4. The maximum Gasteiger partial charge on any atom is 0.101 e. The van der Waals surface area contributed by atoms with Crippen LogP contribution in [-0.4, -0.2) is 15.6 Å². The molecule has 0 saturated heterocycles. The van der Waals surface area contributed by atoms with Crippen LogP contribution in [0.15, 0.2) is 36.9 Å². The summed E-state index contributed by atoms with van der Waals surface area (Å²) in [4.78, 5) is 4.00. The third-order valence-electron chi connectivity index (χ3n) is 2.63. The number of nitrogen functional groups attached to an aromatic ring is 1. The van der Waals surface area contributed by atoms with Crippen LogP contribution in [0.25, 0.3) is 0 Å². The van der Waals surface area contributed by atoms with Gasteiger partial charge in [-0.15, -0.1) is 0 Å². The van der Waals surface area contributed by atoms with Crippen LogP contribution >= 0.6 is 0 Å². The summed E-state index contributed by atoms with van der Waals surface area (Å²) in [5.74, 6) is 0. The summed E-state index contributed by atoms with van der Waals surface area (Å²) >= 11 is 0. The highest BCUT2D eigenvalue weighted by Crippen LogP contribution is 2.18. The van der Waals surface area contributed by atoms with E-state index in [-0.39, 0.29) is 6.04 Å². The third kappa shape index (κ3) is 2.80. The highest BCUT2D eigenvalue weighted by molar-refractivity contribution is 5.62. The standard InChI is InChI=1S/C13H15N5/c1-10(8-18-5-4-16-9-18)17-12-3-2-11(7-14)13(15)6-12/h2-6,9-10,17H,8,15H2,1H3. The predicted molar refractivity (Wildman–Crippen MR) is 70.9 cm³/mol. The Morgan fingerprint density at radius 2 is 2.39 bits per heavy atom. The van der Waals surface area contributed by atoms with Crippen molar-refractivity contribution in [2.24, 2.45) is 0 Å². The summed E-state index contributed by atoms with van der Waals surface area (Å²) in [5.41, 5.74) is 7.68. The molecule has 18 heavy (non-hydrogen) atoms. The van der Waals surface area contributed by atoms with Crippen molar-refractivity contribution in [1.29, 1.82) is 5.26 Å². The Morgan fingerprint density at radius 1 is 1.56 bits per heavy atom. The lowest BCUT2D eigenvalue weighted by atomic mass is 10.1. The Balaban J connectivity index is 2.01. The molecular weight excluding hydrogens is 226 g/mol. The summed E-state index contributed by atoms with van der Waals surface area (Å²) in [6.45, 7) is 2.90. The van der Waals surface area contributed by atoms with E-state index in [1.165, 1.54) is 0 Å². The quantitative estimate of drug-likeness (QED) is 0.800. The largest absolute Gasteiger partial charge is 0.398 e. The molecule has 0 spiro atoms. The predicted octanol–water partition coefficient (Wildman–Crippen LogP) is 1.84. The summed E-state index contributed by atoms with van der Waals surface area (Å²) in [6, 6.07) is 7.65. The number of anilines is 2. The second kappa shape index (κ2) is 5.23.